The summed E-state index contributed by atoms with van der Waals surface area (Å²) in [5.74, 6) is 0.543. The molecule has 1 aromatic carbocycles. The Labute approximate surface area is 102 Å². The molecule has 1 aliphatic rings. The van der Waals surface area contributed by atoms with Gasteiger partial charge in [0.05, 0.1) is 6.10 Å². The minimum absolute atomic E-state index is 0.257. The zero-order chi connectivity index (χ0) is 12.3. The molecule has 3 heteroatoms. The highest BCUT2D eigenvalue weighted by Gasteiger charge is 2.18. The maximum absolute atomic E-state index is 12.8. The van der Waals surface area contributed by atoms with Crippen molar-refractivity contribution in [2.45, 2.75) is 25.9 Å². The number of likely N-dealkylation sites (tertiary alicyclic amines) is 1. The van der Waals surface area contributed by atoms with Crippen molar-refractivity contribution in [3.8, 4) is 0 Å². The third-order valence-electron chi connectivity index (χ3n) is 3.56. The van der Waals surface area contributed by atoms with Crippen LogP contribution in [0, 0.1) is 11.7 Å². The molecule has 94 valence electrons. The van der Waals surface area contributed by atoms with Crippen LogP contribution in [0.5, 0.6) is 0 Å². The van der Waals surface area contributed by atoms with Crippen LogP contribution in [-0.4, -0.2) is 29.6 Å². The maximum Gasteiger partial charge on any atom is 0.123 e. The number of rotatable bonds is 3. The third kappa shape index (κ3) is 3.51. The fourth-order valence-electron chi connectivity index (χ4n) is 2.28. The van der Waals surface area contributed by atoms with E-state index in [1.165, 1.54) is 25.0 Å². The summed E-state index contributed by atoms with van der Waals surface area (Å²) in [6.45, 7) is 5.03. The summed E-state index contributed by atoms with van der Waals surface area (Å²) in [7, 11) is 0. The second-order valence-corrected chi connectivity index (χ2v) is 5.05. The highest BCUT2D eigenvalue weighted by atomic mass is 19.1. The van der Waals surface area contributed by atoms with Gasteiger partial charge >= 0.3 is 0 Å². The lowest BCUT2D eigenvalue weighted by Gasteiger charge is -2.31. The molecule has 0 bridgehead atoms. The van der Waals surface area contributed by atoms with E-state index < -0.39 is 6.10 Å². The van der Waals surface area contributed by atoms with Crippen LogP contribution in [-0.2, 0) is 0 Å². The van der Waals surface area contributed by atoms with E-state index in [1.807, 2.05) is 0 Å². The fraction of sp³-hybridized carbons (Fsp3) is 0.571. The van der Waals surface area contributed by atoms with Crippen molar-refractivity contribution in [2.75, 3.05) is 19.6 Å². The second-order valence-electron chi connectivity index (χ2n) is 5.05. The maximum atomic E-state index is 12.8. The molecule has 0 aromatic heterocycles. The Morgan fingerprint density at radius 2 is 1.88 bits per heavy atom. The lowest BCUT2D eigenvalue weighted by molar-refractivity contribution is 0.0916. The number of nitrogens with zero attached hydrogens (tertiary/aromatic N) is 1. The predicted octanol–water partition coefficient (Wildman–Crippen LogP) is 2.59. The van der Waals surface area contributed by atoms with Gasteiger partial charge in [-0.15, -0.1) is 0 Å². The first-order valence-electron chi connectivity index (χ1n) is 6.31. The summed E-state index contributed by atoms with van der Waals surface area (Å²) in [6.07, 6.45) is 1.90. The van der Waals surface area contributed by atoms with Gasteiger partial charge in [0, 0.05) is 6.54 Å². The van der Waals surface area contributed by atoms with Crippen LogP contribution in [0.25, 0.3) is 0 Å². The summed E-state index contributed by atoms with van der Waals surface area (Å²) >= 11 is 0. The molecule has 0 saturated carbocycles. The molecule has 0 spiro atoms. The summed E-state index contributed by atoms with van der Waals surface area (Å²) < 4.78 is 12.8. The topological polar surface area (TPSA) is 23.5 Å². The smallest absolute Gasteiger partial charge is 0.123 e. The molecule has 0 amide bonds. The largest absolute Gasteiger partial charge is 0.387 e. The van der Waals surface area contributed by atoms with Crippen LogP contribution >= 0.6 is 0 Å². The molecule has 1 atom stereocenters. The van der Waals surface area contributed by atoms with E-state index in [0.29, 0.717) is 6.54 Å². The van der Waals surface area contributed by atoms with E-state index in [9.17, 15) is 9.50 Å². The van der Waals surface area contributed by atoms with Crippen molar-refractivity contribution in [3.05, 3.63) is 35.6 Å². The number of aliphatic hydroxyl groups excluding tert-OH is 1. The van der Waals surface area contributed by atoms with E-state index in [4.69, 9.17) is 0 Å². The van der Waals surface area contributed by atoms with Crippen LogP contribution in [0.4, 0.5) is 4.39 Å². The van der Waals surface area contributed by atoms with Crippen molar-refractivity contribution in [3.63, 3.8) is 0 Å². The molecule has 1 aromatic rings. The molecule has 17 heavy (non-hydrogen) atoms. The lowest BCUT2D eigenvalue weighted by Crippen LogP contribution is -2.35. The van der Waals surface area contributed by atoms with Crippen LogP contribution in [0.15, 0.2) is 24.3 Å². The molecule has 2 rings (SSSR count). The van der Waals surface area contributed by atoms with E-state index in [0.717, 1.165) is 24.6 Å². The van der Waals surface area contributed by atoms with Crippen molar-refractivity contribution in [1.29, 1.82) is 0 Å². The Bertz CT molecular complexity index is 344. The van der Waals surface area contributed by atoms with Crippen LogP contribution in [0.1, 0.15) is 31.4 Å². The second kappa shape index (κ2) is 5.61. The average Bonchev–Trinajstić information content (AvgIpc) is 2.33. The quantitative estimate of drug-likeness (QED) is 0.873. The number of halogens is 1. The van der Waals surface area contributed by atoms with Crippen LogP contribution in [0.2, 0.25) is 0 Å². The number of hydrogen-bond donors (Lipinski definition) is 1. The lowest BCUT2D eigenvalue weighted by atomic mass is 9.98. The van der Waals surface area contributed by atoms with E-state index in [2.05, 4.69) is 11.8 Å². The summed E-state index contributed by atoms with van der Waals surface area (Å²) in [5.41, 5.74) is 0.796. The van der Waals surface area contributed by atoms with Crippen LogP contribution < -0.4 is 0 Å². The van der Waals surface area contributed by atoms with Crippen molar-refractivity contribution in [2.24, 2.45) is 5.92 Å². The zero-order valence-corrected chi connectivity index (χ0v) is 10.3. The van der Waals surface area contributed by atoms with Gasteiger partial charge in [0.25, 0.3) is 0 Å². The Hall–Kier alpha value is -0.930. The predicted molar refractivity (Wildman–Crippen MR) is 66.2 cm³/mol. The first kappa shape index (κ1) is 12.5. The zero-order valence-electron chi connectivity index (χ0n) is 10.3. The van der Waals surface area contributed by atoms with Gasteiger partial charge in [-0.25, -0.2) is 4.39 Å². The standard InChI is InChI=1S/C14H20FNO/c1-11-6-8-16(9-7-11)10-14(17)12-2-4-13(15)5-3-12/h2-5,11,14,17H,6-10H2,1H3/t14-/m1/s1. The van der Waals surface area contributed by atoms with E-state index in [-0.39, 0.29) is 5.82 Å². The average molecular weight is 237 g/mol. The van der Waals surface area contributed by atoms with Gasteiger partial charge in [0.15, 0.2) is 0 Å². The molecule has 2 nitrogen and oxygen atoms in total. The molecule has 1 saturated heterocycles. The van der Waals surface area contributed by atoms with Gasteiger partial charge in [-0.05, 0) is 49.5 Å². The number of hydrogen-bond acceptors (Lipinski definition) is 2. The van der Waals surface area contributed by atoms with Gasteiger partial charge in [0.2, 0.25) is 0 Å². The van der Waals surface area contributed by atoms with Crippen molar-refractivity contribution in [1.82, 2.24) is 4.90 Å². The van der Waals surface area contributed by atoms with Gasteiger partial charge in [0.1, 0.15) is 5.82 Å². The minimum atomic E-state index is -0.510. The molecular weight excluding hydrogens is 217 g/mol. The van der Waals surface area contributed by atoms with Crippen LogP contribution in [0.3, 0.4) is 0 Å². The Morgan fingerprint density at radius 3 is 2.47 bits per heavy atom. The molecule has 0 unspecified atom stereocenters. The summed E-state index contributed by atoms with van der Waals surface area (Å²) in [4.78, 5) is 2.29. The van der Waals surface area contributed by atoms with Crippen molar-refractivity contribution >= 4 is 0 Å². The number of piperidine rings is 1. The Kier molecular flexibility index (Phi) is 4.13. The molecule has 0 radical (unpaired) electrons. The van der Waals surface area contributed by atoms with E-state index >= 15 is 0 Å². The fourth-order valence-corrected chi connectivity index (χ4v) is 2.28. The summed E-state index contributed by atoms with van der Waals surface area (Å²) in [5, 5.41) is 10.1. The Morgan fingerprint density at radius 1 is 1.29 bits per heavy atom. The van der Waals surface area contributed by atoms with Crippen molar-refractivity contribution < 1.29 is 9.50 Å². The highest BCUT2D eigenvalue weighted by molar-refractivity contribution is 5.18. The molecule has 1 N–H and O–H groups in total. The van der Waals surface area contributed by atoms with Gasteiger partial charge in [-0.1, -0.05) is 19.1 Å². The highest BCUT2D eigenvalue weighted by Crippen LogP contribution is 2.20. The molecule has 0 aliphatic carbocycles. The molecule has 1 heterocycles. The Balaban J connectivity index is 1.88. The van der Waals surface area contributed by atoms with Gasteiger partial charge < -0.3 is 10.0 Å². The summed E-state index contributed by atoms with van der Waals surface area (Å²) in [6, 6.07) is 6.12. The first-order valence-corrected chi connectivity index (χ1v) is 6.31. The number of benzene rings is 1. The number of aliphatic hydroxyl groups is 1. The SMILES string of the molecule is CC1CCN(C[C@@H](O)c2ccc(F)cc2)CC1. The van der Waals surface area contributed by atoms with E-state index in [1.54, 1.807) is 12.1 Å². The normalized spacial score (nSPS) is 20.4. The monoisotopic (exact) mass is 237 g/mol. The minimum Gasteiger partial charge on any atom is -0.387 e. The van der Waals surface area contributed by atoms with Gasteiger partial charge in [-0.3, -0.25) is 0 Å². The molecular formula is C14H20FNO. The first-order chi connectivity index (χ1) is 8.15. The molecule has 1 aliphatic heterocycles. The number of β-amino-alcohol motifs (C(OH)–C–C–N with tert-alkyl or cyclic N) is 1. The van der Waals surface area contributed by atoms with Gasteiger partial charge in [-0.2, -0.15) is 0 Å². The molecule has 1 fully saturated rings. The third-order valence-corrected chi connectivity index (χ3v) is 3.56.